The molecule has 1 aliphatic carbocycles. The first kappa shape index (κ1) is 16.3. The Morgan fingerprint density at radius 1 is 1.19 bits per heavy atom. The summed E-state index contributed by atoms with van der Waals surface area (Å²) in [7, 11) is 0. The Balaban J connectivity index is 1.69. The van der Waals surface area contributed by atoms with Gasteiger partial charge in [0.1, 0.15) is 0 Å². The molecule has 1 heterocycles. The molecule has 5 nitrogen and oxygen atoms in total. The highest BCUT2D eigenvalue weighted by atomic mass is 16.3. The van der Waals surface area contributed by atoms with Gasteiger partial charge in [-0.05, 0) is 33.1 Å². The number of carbonyl (C=O) groups excluding carboxylic acids is 2. The van der Waals surface area contributed by atoms with Crippen LogP contribution >= 0.6 is 0 Å². The molecule has 2 aliphatic rings. The summed E-state index contributed by atoms with van der Waals surface area (Å²) < 4.78 is 0. The highest BCUT2D eigenvalue weighted by molar-refractivity contribution is 5.84. The van der Waals surface area contributed by atoms with Crippen molar-refractivity contribution >= 4 is 11.8 Å². The molecule has 0 aromatic carbocycles. The fourth-order valence-electron chi connectivity index (χ4n) is 3.31. The van der Waals surface area contributed by atoms with Crippen molar-refractivity contribution in [1.29, 1.82) is 0 Å². The number of nitrogens with zero attached hydrogens (tertiary/aromatic N) is 1. The fraction of sp³-hybridized carbons (Fsp3) is 0.875. The zero-order valence-corrected chi connectivity index (χ0v) is 13.2. The van der Waals surface area contributed by atoms with Gasteiger partial charge in [-0.25, -0.2) is 0 Å². The number of aliphatic hydroxyl groups is 1. The lowest BCUT2D eigenvalue weighted by Gasteiger charge is -2.25. The standard InChI is InChI=1S/C16H28N2O3/c1-16(2,21)12-9-10-18(11-12)15(20)8-7-14(19)17-13-5-3-4-6-13/h12-13,21H,3-11H2,1-2H3,(H,17,19). The summed E-state index contributed by atoms with van der Waals surface area (Å²) >= 11 is 0. The van der Waals surface area contributed by atoms with E-state index in [1.165, 1.54) is 12.8 Å². The average Bonchev–Trinajstić information content (AvgIpc) is 3.05. The van der Waals surface area contributed by atoms with Crippen LogP contribution in [0.25, 0.3) is 0 Å². The highest BCUT2D eigenvalue weighted by Gasteiger charge is 2.35. The summed E-state index contributed by atoms with van der Waals surface area (Å²) in [5.41, 5.74) is -0.741. The maximum atomic E-state index is 12.1. The topological polar surface area (TPSA) is 69.6 Å². The number of nitrogens with one attached hydrogen (secondary N) is 1. The summed E-state index contributed by atoms with van der Waals surface area (Å²) in [5.74, 6) is 0.158. The van der Waals surface area contributed by atoms with Crippen molar-refractivity contribution < 1.29 is 14.7 Å². The normalized spacial score (nSPS) is 23.6. The van der Waals surface area contributed by atoms with Gasteiger partial charge in [-0.3, -0.25) is 9.59 Å². The Morgan fingerprint density at radius 3 is 2.43 bits per heavy atom. The van der Waals surface area contributed by atoms with Gasteiger partial charge in [0.15, 0.2) is 0 Å². The molecule has 0 bridgehead atoms. The number of amides is 2. The van der Waals surface area contributed by atoms with Crippen LogP contribution in [0.1, 0.15) is 58.8 Å². The monoisotopic (exact) mass is 296 g/mol. The number of carbonyl (C=O) groups is 2. The summed E-state index contributed by atoms with van der Waals surface area (Å²) in [6.45, 7) is 4.88. The van der Waals surface area contributed by atoms with E-state index in [-0.39, 0.29) is 30.6 Å². The number of rotatable bonds is 5. The van der Waals surface area contributed by atoms with Gasteiger partial charge in [-0.1, -0.05) is 12.8 Å². The predicted octanol–water partition coefficient (Wildman–Crippen LogP) is 1.44. The van der Waals surface area contributed by atoms with E-state index >= 15 is 0 Å². The molecule has 0 aromatic rings. The third-order valence-electron chi connectivity index (χ3n) is 4.83. The summed E-state index contributed by atoms with van der Waals surface area (Å²) in [5, 5.41) is 13.0. The van der Waals surface area contributed by atoms with E-state index in [9.17, 15) is 14.7 Å². The second-order valence-electron chi connectivity index (χ2n) is 7.03. The molecule has 1 saturated heterocycles. The molecule has 0 radical (unpaired) electrons. The quantitative estimate of drug-likeness (QED) is 0.806. The molecule has 2 amide bonds. The molecule has 21 heavy (non-hydrogen) atoms. The van der Waals surface area contributed by atoms with Gasteiger partial charge in [-0.15, -0.1) is 0 Å². The van der Waals surface area contributed by atoms with Crippen molar-refractivity contribution in [2.24, 2.45) is 5.92 Å². The van der Waals surface area contributed by atoms with Crippen molar-refractivity contribution in [3.8, 4) is 0 Å². The largest absolute Gasteiger partial charge is 0.390 e. The zero-order chi connectivity index (χ0) is 15.5. The van der Waals surface area contributed by atoms with E-state index in [2.05, 4.69) is 5.32 Å². The van der Waals surface area contributed by atoms with Crippen LogP contribution in [-0.2, 0) is 9.59 Å². The molecule has 1 saturated carbocycles. The minimum absolute atomic E-state index is 0.00603. The molecule has 2 fully saturated rings. The minimum Gasteiger partial charge on any atom is -0.390 e. The van der Waals surface area contributed by atoms with Crippen molar-refractivity contribution in [2.45, 2.75) is 70.4 Å². The summed E-state index contributed by atoms with van der Waals surface area (Å²) in [6, 6.07) is 0.318. The Hall–Kier alpha value is -1.10. The van der Waals surface area contributed by atoms with Gasteiger partial charge in [0.2, 0.25) is 11.8 Å². The van der Waals surface area contributed by atoms with E-state index in [0.717, 1.165) is 19.3 Å². The molecular formula is C16H28N2O3. The Morgan fingerprint density at radius 2 is 1.86 bits per heavy atom. The smallest absolute Gasteiger partial charge is 0.223 e. The molecule has 0 spiro atoms. The fourth-order valence-corrected chi connectivity index (χ4v) is 3.31. The summed E-state index contributed by atoms with van der Waals surface area (Å²) in [4.78, 5) is 25.7. The Labute approximate surface area is 127 Å². The van der Waals surface area contributed by atoms with E-state index in [4.69, 9.17) is 0 Å². The molecule has 1 atom stereocenters. The SMILES string of the molecule is CC(C)(O)C1CCN(C(=O)CCC(=O)NC2CCCC2)C1. The first-order valence-corrected chi connectivity index (χ1v) is 8.16. The maximum Gasteiger partial charge on any atom is 0.223 e. The van der Waals surface area contributed by atoms with Gasteiger partial charge < -0.3 is 15.3 Å². The average molecular weight is 296 g/mol. The molecule has 2 N–H and O–H groups in total. The van der Waals surface area contributed by atoms with Crippen LogP contribution in [-0.4, -0.2) is 46.6 Å². The number of hydrogen-bond donors (Lipinski definition) is 2. The van der Waals surface area contributed by atoms with Crippen molar-refractivity contribution in [1.82, 2.24) is 10.2 Å². The number of hydrogen-bond acceptors (Lipinski definition) is 3. The van der Waals surface area contributed by atoms with Gasteiger partial charge in [0.25, 0.3) is 0 Å². The number of likely N-dealkylation sites (tertiary alicyclic amines) is 1. The van der Waals surface area contributed by atoms with E-state index in [1.54, 1.807) is 18.7 Å². The van der Waals surface area contributed by atoms with Crippen LogP contribution in [0.3, 0.4) is 0 Å². The zero-order valence-electron chi connectivity index (χ0n) is 13.2. The van der Waals surface area contributed by atoms with Gasteiger partial charge >= 0.3 is 0 Å². The molecule has 2 rings (SSSR count). The van der Waals surface area contributed by atoms with Crippen LogP contribution in [0.5, 0.6) is 0 Å². The Bertz CT molecular complexity index is 383. The second-order valence-corrected chi connectivity index (χ2v) is 7.03. The lowest BCUT2D eigenvalue weighted by Crippen LogP contribution is -2.36. The first-order valence-electron chi connectivity index (χ1n) is 8.16. The molecule has 1 aliphatic heterocycles. The first-order chi connectivity index (χ1) is 9.86. The van der Waals surface area contributed by atoms with Crippen LogP contribution < -0.4 is 5.32 Å². The van der Waals surface area contributed by atoms with Gasteiger partial charge in [0.05, 0.1) is 5.60 Å². The molecule has 1 unspecified atom stereocenters. The van der Waals surface area contributed by atoms with Gasteiger partial charge in [-0.2, -0.15) is 0 Å². The van der Waals surface area contributed by atoms with Crippen LogP contribution in [0.4, 0.5) is 0 Å². The van der Waals surface area contributed by atoms with E-state index in [0.29, 0.717) is 19.1 Å². The predicted molar refractivity (Wildman–Crippen MR) is 80.6 cm³/mol. The highest BCUT2D eigenvalue weighted by Crippen LogP contribution is 2.27. The molecule has 0 aromatic heterocycles. The lowest BCUT2D eigenvalue weighted by atomic mass is 9.90. The van der Waals surface area contributed by atoms with Crippen molar-refractivity contribution in [2.75, 3.05) is 13.1 Å². The minimum atomic E-state index is -0.741. The van der Waals surface area contributed by atoms with E-state index < -0.39 is 5.60 Å². The molecule has 5 heteroatoms. The van der Waals surface area contributed by atoms with Gasteiger partial charge in [0, 0.05) is 37.9 Å². The van der Waals surface area contributed by atoms with Crippen LogP contribution in [0, 0.1) is 5.92 Å². The second kappa shape index (κ2) is 6.77. The molecule has 120 valence electrons. The maximum absolute atomic E-state index is 12.1. The van der Waals surface area contributed by atoms with Crippen LogP contribution in [0.15, 0.2) is 0 Å². The van der Waals surface area contributed by atoms with Crippen LogP contribution in [0.2, 0.25) is 0 Å². The van der Waals surface area contributed by atoms with Crippen molar-refractivity contribution in [3.05, 3.63) is 0 Å². The Kier molecular flexibility index (Phi) is 5.25. The summed E-state index contributed by atoms with van der Waals surface area (Å²) in [6.07, 6.45) is 5.91. The third kappa shape index (κ3) is 4.70. The lowest BCUT2D eigenvalue weighted by molar-refractivity contribution is -0.133. The van der Waals surface area contributed by atoms with Crippen molar-refractivity contribution in [3.63, 3.8) is 0 Å². The molecular weight excluding hydrogens is 268 g/mol. The van der Waals surface area contributed by atoms with E-state index in [1.807, 2.05) is 0 Å². The third-order valence-corrected chi connectivity index (χ3v) is 4.83.